The minimum absolute atomic E-state index is 0. The highest BCUT2D eigenvalue weighted by Crippen LogP contribution is 2.16. The first-order valence-electron chi connectivity index (χ1n) is 7.88. The van der Waals surface area contributed by atoms with Crippen LogP contribution in [0.4, 0.5) is 5.69 Å². The first-order chi connectivity index (χ1) is 10.5. The maximum Gasteiger partial charge on any atom is 0.191 e. The molecule has 1 aromatic rings. The van der Waals surface area contributed by atoms with Crippen LogP contribution < -0.4 is 15.5 Å². The van der Waals surface area contributed by atoms with Crippen molar-refractivity contribution >= 4 is 35.6 Å². The van der Waals surface area contributed by atoms with Crippen LogP contribution in [-0.4, -0.2) is 44.8 Å². The van der Waals surface area contributed by atoms with Gasteiger partial charge < -0.3 is 20.3 Å². The maximum absolute atomic E-state index is 5.39. The van der Waals surface area contributed by atoms with E-state index in [9.17, 15) is 0 Å². The number of ether oxygens (including phenoxy) is 1. The number of benzene rings is 1. The fourth-order valence-electron chi connectivity index (χ4n) is 2.37. The quantitative estimate of drug-likeness (QED) is 0.438. The fraction of sp³-hybridized carbons (Fsp3) is 0.588. The van der Waals surface area contributed by atoms with E-state index >= 15 is 0 Å². The van der Waals surface area contributed by atoms with E-state index in [1.165, 1.54) is 11.3 Å². The Balaban J connectivity index is 0.00000264. The summed E-state index contributed by atoms with van der Waals surface area (Å²) in [7, 11) is 1.79. The van der Waals surface area contributed by atoms with Gasteiger partial charge >= 0.3 is 0 Å². The Labute approximate surface area is 156 Å². The van der Waals surface area contributed by atoms with Gasteiger partial charge in [-0.25, -0.2) is 0 Å². The molecule has 5 nitrogen and oxygen atoms in total. The molecular formula is C17H29IN4O. The van der Waals surface area contributed by atoms with Crippen LogP contribution in [0.1, 0.15) is 26.3 Å². The van der Waals surface area contributed by atoms with Gasteiger partial charge in [-0.15, -0.1) is 24.0 Å². The Morgan fingerprint density at radius 3 is 2.30 bits per heavy atom. The average molecular weight is 432 g/mol. The molecule has 0 amide bonds. The van der Waals surface area contributed by atoms with Gasteiger partial charge in [0.15, 0.2) is 5.96 Å². The molecule has 0 atom stereocenters. The largest absolute Gasteiger partial charge is 0.378 e. The minimum atomic E-state index is 0. The lowest BCUT2D eigenvalue weighted by atomic mass is 10.1. The monoisotopic (exact) mass is 432 g/mol. The number of anilines is 1. The summed E-state index contributed by atoms with van der Waals surface area (Å²) >= 11 is 0. The third-order valence-corrected chi connectivity index (χ3v) is 3.49. The standard InChI is InChI=1S/C17H28N4O.HI/c1-17(2,3)20-16(18-4)19-13-14-5-7-15(8-6-14)21-9-11-22-12-10-21;/h5-8H,9-13H2,1-4H3,(H2,18,19,20);1H. The summed E-state index contributed by atoms with van der Waals surface area (Å²) < 4.78 is 5.39. The molecule has 0 unspecified atom stereocenters. The normalized spacial score (nSPS) is 15.8. The van der Waals surface area contributed by atoms with E-state index in [4.69, 9.17) is 4.74 Å². The van der Waals surface area contributed by atoms with Gasteiger partial charge in [-0.3, -0.25) is 4.99 Å². The lowest BCUT2D eigenvalue weighted by Gasteiger charge is -2.29. The van der Waals surface area contributed by atoms with Crippen LogP contribution in [0.15, 0.2) is 29.3 Å². The number of morpholine rings is 1. The third-order valence-electron chi connectivity index (χ3n) is 3.49. The highest BCUT2D eigenvalue weighted by molar-refractivity contribution is 14.0. The topological polar surface area (TPSA) is 48.9 Å². The van der Waals surface area contributed by atoms with Crippen molar-refractivity contribution in [2.24, 2.45) is 4.99 Å². The molecule has 2 N–H and O–H groups in total. The number of aliphatic imine (C=N–C) groups is 1. The molecule has 130 valence electrons. The highest BCUT2D eigenvalue weighted by Gasteiger charge is 2.12. The second-order valence-corrected chi connectivity index (χ2v) is 6.57. The molecular weight excluding hydrogens is 403 g/mol. The van der Waals surface area contributed by atoms with Gasteiger partial charge in [0, 0.05) is 37.9 Å². The smallest absolute Gasteiger partial charge is 0.191 e. The summed E-state index contributed by atoms with van der Waals surface area (Å²) in [5.74, 6) is 0.824. The lowest BCUT2D eigenvalue weighted by molar-refractivity contribution is 0.122. The van der Waals surface area contributed by atoms with E-state index in [1.807, 2.05) is 0 Å². The van der Waals surface area contributed by atoms with Crippen LogP contribution in [0.5, 0.6) is 0 Å². The molecule has 1 fully saturated rings. The van der Waals surface area contributed by atoms with E-state index in [-0.39, 0.29) is 29.5 Å². The van der Waals surface area contributed by atoms with Crippen LogP contribution in [0.3, 0.4) is 0 Å². The van der Waals surface area contributed by atoms with Crippen molar-refractivity contribution in [2.45, 2.75) is 32.9 Å². The molecule has 1 aliphatic heterocycles. The van der Waals surface area contributed by atoms with E-state index in [2.05, 4.69) is 65.6 Å². The number of nitrogens with zero attached hydrogens (tertiary/aromatic N) is 2. The first-order valence-corrected chi connectivity index (χ1v) is 7.88. The predicted octanol–water partition coefficient (Wildman–Crippen LogP) is 2.60. The van der Waals surface area contributed by atoms with Gasteiger partial charge in [0.25, 0.3) is 0 Å². The van der Waals surface area contributed by atoms with Gasteiger partial charge in [0.2, 0.25) is 0 Å². The zero-order valence-corrected chi connectivity index (χ0v) is 16.9. The van der Waals surface area contributed by atoms with Crippen LogP contribution in [0, 0.1) is 0 Å². The Kier molecular flexibility index (Phi) is 8.11. The van der Waals surface area contributed by atoms with Crippen LogP contribution in [0.25, 0.3) is 0 Å². The summed E-state index contributed by atoms with van der Waals surface area (Å²) in [6, 6.07) is 8.70. The molecule has 6 heteroatoms. The number of hydrogen-bond donors (Lipinski definition) is 2. The molecule has 0 radical (unpaired) electrons. The van der Waals surface area contributed by atoms with Crippen molar-refractivity contribution in [3.05, 3.63) is 29.8 Å². The predicted molar refractivity (Wildman–Crippen MR) is 108 cm³/mol. The Morgan fingerprint density at radius 2 is 1.78 bits per heavy atom. The van der Waals surface area contributed by atoms with E-state index in [1.54, 1.807) is 7.05 Å². The van der Waals surface area contributed by atoms with Crippen molar-refractivity contribution in [2.75, 3.05) is 38.3 Å². The second kappa shape index (κ2) is 9.32. The fourth-order valence-corrected chi connectivity index (χ4v) is 2.37. The van der Waals surface area contributed by atoms with E-state index < -0.39 is 0 Å². The van der Waals surface area contributed by atoms with Gasteiger partial charge in [0.05, 0.1) is 13.2 Å². The molecule has 1 aromatic carbocycles. The Hall–Kier alpha value is -1.02. The summed E-state index contributed by atoms with van der Waals surface area (Å²) in [6.45, 7) is 10.7. The lowest BCUT2D eigenvalue weighted by Crippen LogP contribution is -2.47. The number of rotatable bonds is 3. The van der Waals surface area contributed by atoms with Crippen molar-refractivity contribution < 1.29 is 4.74 Å². The minimum Gasteiger partial charge on any atom is -0.378 e. The molecule has 1 saturated heterocycles. The van der Waals surface area contributed by atoms with E-state index in [0.29, 0.717) is 0 Å². The Bertz CT molecular complexity index is 490. The molecule has 0 spiro atoms. The molecule has 0 aromatic heterocycles. The zero-order valence-electron chi connectivity index (χ0n) is 14.6. The van der Waals surface area contributed by atoms with Crippen molar-refractivity contribution in [3.63, 3.8) is 0 Å². The highest BCUT2D eigenvalue weighted by atomic mass is 127. The molecule has 0 bridgehead atoms. The Morgan fingerprint density at radius 1 is 1.17 bits per heavy atom. The van der Waals surface area contributed by atoms with Gasteiger partial charge in [-0.1, -0.05) is 12.1 Å². The summed E-state index contributed by atoms with van der Waals surface area (Å²) in [5.41, 5.74) is 2.51. The van der Waals surface area contributed by atoms with E-state index in [0.717, 1.165) is 38.8 Å². The van der Waals surface area contributed by atoms with Crippen molar-refractivity contribution in [3.8, 4) is 0 Å². The molecule has 1 aliphatic rings. The number of hydrogen-bond acceptors (Lipinski definition) is 3. The third kappa shape index (κ3) is 6.95. The molecule has 23 heavy (non-hydrogen) atoms. The second-order valence-electron chi connectivity index (χ2n) is 6.57. The van der Waals surface area contributed by atoms with Crippen molar-refractivity contribution in [1.82, 2.24) is 10.6 Å². The number of halogens is 1. The first kappa shape index (κ1) is 20.0. The van der Waals surface area contributed by atoms with Gasteiger partial charge in [-0.2, -0.15) is 0 Å². The van der Waals surface area contributed by atoms with Gasteiger partial charge in [0.1, 0.15) is 0 Å². The molecule has 0 saturated carbocycles. The van der Waals surface area contributed by atoms with Gasteiger partial charge in [-0.05, 0) is 38.5 Å². The molecule has 2 rings (SSSR count). The summed E-state index contributed by atoms with van der Waals surface area (Å²) in [5, 5.41) is 6.70. The zero-order chi connectivity index (χ0) is 16.0. The average Bonchev–Trinajstić information content (AvgIpc) is 2.52. The maximum atomic E-state index is 5.39. The summed E-state index contributed by atoms with van der Waals surface area (Å²) in [6.07, 6.45) is 0. The molecule has 0 aliphatic carbocycles. The van der Waals surface area contributed by atoms with Crippen LogP contribution >= 0.6 is 24.0 Å². The SMILES string of the molecule is CN=C(NCc1ccc(N2CCOCC2)cc1)NC(C)(C)C.I. The number of guanidine groups is 1. The summed E-state index contributed by atoms with van der Waals surface area (Å²) in [4.78, 5) is 6.61. The van der Waals surface area contributed by atoms with Crippen molar-refractivity contribution in [1.29, 1.82) is 0 Å². The van der Waals surface area contributed by atoms with Crippen LogP contribution in [0.2, 0.25) is 0 Å². The number of nitrogens with one attached hydrogen (secondary N) is 2. The van der Waals surface area contributed by atoms with Crippen LogP contribution in [-0.2, 0) is 11.3 Å². The molecule has 1 heterocycles.